The van der Waals surface area contributed by atoms with E-state index < -0.39 is 0 Å². The second kappa shape index (κ2) is 9.37. The summed E-state index contributed by atoms with van der Waals surface area (Å²) < 4.78 is 10.9. The third kappa shape index (κ3) is 6.02. The summed E-state index contributed by atoms with van der Waals surface area (Å²) in [6, 6.07) is 13.8. The highest BCUT2D eigenvalue weighted by Gasteiger charge is 2.14. The molecule has 4 nitrogen and oxygen atoms in total. The van der Waals surface area contributed by atoms with Crippen LogP contribution in [0.5, 0.6) is 11.5 Å². The average Bonchev–Trinajstić information content (AvgIpc) is 2.60. The maximum atomic E-state index is 12.2. The fourth-order valence-electron chi connectivity index (χ4n) is 2.35. The quantitative estimate of drug-likeness (QED) is 0.572. The Labute approximate surface area is 153 Å². The number of benzene rings is 2. The van der Waals surface area contributed by atoms with Crippen LogP contribution >= 0.6 is 11.8 Å². The molecular formula is C20H25NO3S. The van der Waals surface area contributed by atoms with Gasteiger partial charge in [-0.1, -0.05) is 17.7 Å². The summed E-state index contributed by atoms with van der Waals surface area (Å²) in [6.45, 7) is 6.91. The number of rotatable bonds is 8. The molecule has 0 fully saturated rings. The normalized spacial score (nSPS) is 11.7. The Kier molecular flexibility index (Phi) is 7.19. The number of hydrogen-bond donors (Lipinski definition) is 1. The highest BCUT2D eigenvalue weighted by atomic mass is 32.2. The highest BCUT2D eigenvalue weighted by molar-refractivity contribution is 8.00. The third-order valence-electron chi connectivity index (χ3n) is 3.73. The zero-order valence-electron chi connectivity index (χ0n) is 15.2. The second-order valence-corrected chi connectivity index (χ2v) is 7.26. The van der Waals surface area contributed by atoms with Gasteiger partial charge in [0.1, 0.15) is 18.1 Å². The Morgan fingerprint density at radius 2 is 1.88 bits per heavy atom. The predicted octanol–water partition coefficient (Wildman–Crippen LogP) is 3.99. The molecule has 0 bridgehead atoms. The van der Waals surface area contributed by atoms with Gasteiger partial charge in [0.15, 0.2) is 0 Å². The second-order valence-electron chi connectivity index (χ2n) is 5.84. The average molecular weight is 359 g/mol. The number of carbonyl (C=O) groups excluding carboxylic acids is 1. The predicted molar refractivity (Wildman–Crippen MR) is 103 cm³/mol. The number of methoxy groups -OCH3 is 1. The molecule has 1 N–H and O–H groups in total. The minimum atomic E-state index is -0.172. The van der Waals surface area contributed by atoms with Gasteiger partial charge in [-0.05, 0) is 56.7 Å². The molecule has 134 valence electrons. The molecule has 0 unspecified atom stereocenters. The van der Waals surface area contributed by atoms with Gasteiger partial charge >= 0.3 is 0 Å². The molecule has 0 radical (unpaired) electrons. The zero-order valence-corrected chi connectivity index (χ0v) is 16.0. The van der Waals surface area contributed by atoms with Crippen LogP contribution < -0.4 is 14.8 Å². The molecule has 1 atom stereocenters. The van der Waals surface area contributed by atoms with Crippen molar-refractivity contribution in [3.63, 3.8) is 0 Å². The van der Waals surface area contributed by atoms with E-state index in [1.165, 1.54) is 17.3 Å². The zero-order chi connectivity index (χ0) is 18.2. The van der Waals surface area contributed by atoms with E-state index in [1.807, 2.05) is 50.2 Å². The molecule has 0 aliphatic heterocycles. The number of amides is 1. The van der Waals surface area contributed by atoms with Gasteiger partial charge in [0, 0.05) is 4.90 Å². The molecule has 2 rings (SSSR count). The largest absolute Gasteiger partial charge is 0.497 e. The van der Waals surface area contributed by atoms with Crippen LogP contribution in [0, 0.1) is 13.8 Å². The first-order chi connectivity index (χ1) is 12.0. The van der Waals surface area contributed by atoms with Crippen LogP contribution in [0.25, 0.3) is 0 Å². The Bertz CT molecular complexity index is 701. The molecule has 0 spiro atoms. The van der Waals surface area contributed by atoms with Crippen molar-refractivity contribution >= 4 is 17.7 Å². The molecule has 5 heteroatoms. The Balaban J connectivity index is 1.73. The lowest BCUT2D eigenvalue weighted by Gasteiger charge is -2.13. The first-order valence-corrected chi connectivity index (χ1v) is 9.16. The number of aryl methyl sites for hydroxylation is 2. The first-order valence-electron chi connectivity index (χ1n) is 8.28. The van der Waals surface area contributed by atoms with Crippen molar-refractivity contribution in [2.24, 2.45) is 0 Å². The lowest BCUT2D eigenvalue weighted by Crippen LogP contribution is -2.34. The van der Waals surface area contributed by atoms with Crippen molar-refractivity contribution < 1.29 is 14.3 Å². The Morgan fingerprint density at radius 3 is 2.52 bits per heavy atom. The minimum Gasteiger partial charge on any atom is -0.497 e. The monoisotopic (exact) mass is 359 g/mol. The van der Waals surface area contributed by atoms with Crippen molar-refractivity contribution in [3.8, 4) is 11.5 Å². The van der Waals surface area contributed by atoms with Crippen LogP contribution in [0.3, 0.4) is 0 Å². The van der Waals surface area contributed by atoms with Crippen LogP contribution in [0.15, 0.2) is 47.4 Å². The van der Waals surface area contributed by atoms with Gasteiger partial charge in [-0.25, -0.2) is 0 Å². The van der Waals surface area contributed by atoms with E-state index in [-0.39, 0.29) is 11.2 Å². The van der Waals surface area contributed by atoms with Gasteiger partial charge in [-0.3, -0.25) is 4.79 Å². The molecule has 0 aromatic heterocycles. The summed E-state index contributed by atoms with van der Waals surface area (Å²) in [5.41, 5.74) is 2.32. The number of ether oxygens (including phenoxy) is 2. The van der Waals surface area contributed by atoms with Crippen molar-refractivity contribution in [2.45, 2.75) is 30.9 Å². The summed E-state index contributed by atoms with van der Waals surface area (Å²) >= 11 is 1.52. The molecule has 0 aliphatic rings. The number of hydrogen-bond acceptors (Lipinski definition) is 4. The van der Waals surface area contributed by atoms with Crippen molar-refractivity contribution in [2.75, 3.05) is 20.3 Å². The van der Waals surface area contributed by atoms with Crippen molar-refractivity contribution in [3.05, 3.63) is 53.6 Å². The van der Waals surface area contributed by atoms with E-state index in [9.17, 15) is 4.79 Å². The lowest BCUT2D eigenvalue weighted by molar-refractivity contribution is -0.120. The van der Waals surface area contributed by atoms with Crippen LogP contribution in [0.1, 0.15) is 18.1 Å². The van der Waals surface area contributed by atoms with Gasteiger partial charge < -0.3 is 14.8 Å². The number of carbonyl (C=O) groups is 1. The summed E-state index contributed by atoms with van der Waals surface area (Å²) in [4.78, 5) is 13.2. The molecule has 2 aromatic carbocycles. The maximum absolute atomic E-state index is 12.2. The van der Waals surface area contributed by atoms with E-state index in [4.69, 9.17) is 9.47 Å². The topological polar surface area (TPSA) is 47.6 Å². The van der Waals surface area contributed by atoms with Gasteiger partial charge in [-0.15, -0.1) is 11.8 Å². The van der Waals surface area contributed by atoms with Crippen LogP contribution in [-0.2, 0) is 4.79 Å². The van der Waals surface area contributed by atoms with Crippen LogP contribution in [-0.4, -0.2) is 31.4 Å². The van der Waals surface area contributed by atoms with E-state index in [2.05, 4.69) is 18.3 Å². The Morgan fingerprint density at radius 1 is 1.16 bits per heavy atom. The SMILES string of the molecule is COc1ccc(S[C@@H](C)C(=O)NCCOc2ccc(C)cc2C)cc1. The summed E-state index contributed by atoms with van der Waals surface area (Å²) in [5, 5.41) is 2.75. The minimum absolute atomic E-state index is 0.00467. The van der Waals surface area contributed by atoms with Gasteiger partial charge in [0.25, 0.3) is 0 Å². The molecule has 2 aromatic rings. The standard InChI is InChI=1S/C20H25NO3S/c1-14-5-10-19(15(2)13-14)24-12-11-21-20(22)16(3)25-18-8-6-17(23-4)7-9-18/h5-10,13,16H,11-12H2,1-4H3,(H,21,22)/t16-/m0/s1. The van der Waals surface area contributed by atoms with Crippen molar-refractivity contribution in [1.82, 2.24) is 5.32 Å². The molecule has 0 aliphatic carbocycles. The fraction of sp³-hybridized carbons (Fsp3) is 0.350. The highest BCUT2D eigenvalue weighted by Crippen LogP contribution is 2.25. The third-order valence-corrected chi connectivity index (χ3v) is 4.84. The Hall–Kier alpha value is -2.14. The van der Waals surface area contributed by atoms with Crippen LogP contribution in [0.4, 0.5) is 0 Å². The van der Waals surface area contributed by atoms with E-state index in [0.29, 0.717) is 13.2 Å². The van der Waals surface area contributed by atoms with Crippen LogP contribution in [0.2, 0.25) is 0 Å². The molecular weight excluding hydrogens is 334 g/mol. The number of nitrogens with one attached hydrogen (secondary N) is 1. The van der Waals surface area contributed by atoms with E-state index in [1.54, 1.807) is 7.11 Å². The lowest BCUT2D eigenvalue weighted by atomic mass is 10.1. The molecule has 0 heterocycles. The summed E-state index contributed by atoms with van der Waals surface area (Å²) in [6.07, 6.45) is 0. The molecule has 1 amide bonds. The number of thioether (sulfide) groups is 1. The first kappa shape index (κ1) is 19.2. The van der Waals surface area contributed by atoms with Crippen molar-refractivity contribution in [1.29, 1.82) is 0 Å². The van der Waals surface area contributed by atoms with Gasteiger partial charge in [-0.2, -0.15) is 0 Å². The maximum Gasteiger partial charge on any atom is 0.233 e. The van der Waals surface area contributed by atoms with E-state index >= 15 is 0 Å². The van der Waals surface area contributed by atoms with E-state index in [0.717, 1.165) is 22.0 Å². The van der Waals surface area contributed by atoms with Gasteiger partial charge in [0.05, 0.1) is 18.9 Å². The summed E-state index contributed by atoms with van der Waals surface area (Å²) in [5.74, 6) is 1.68. The molecule has 0 saturated carbocycles. The summed E-state index contributed by atoms with van der Waals surface area (Å²) in [7, 11) is 1.64. The smallest absolute Gasteiger partial charge is 0.233 e. The fourth-order valence-corrected chi connectivity index (χ4v) is 3.24. The molecule has 25 heavy (non-hydrogen) atoms. The molecule has 0 saturated heterocycles. The van der Waals surface area contributed by atoms with Gasteiger partial charge in [0.2, 0.25) is 5.91 Å².